The summed E-state index contributed by atoms with van der Waals surface area (Å²) >= 11 is 6.05. The Morgan fingerprint density at radius 3 is 2.63 bits per heavy atom. The number of anilines is 2. The van der Waals surface area contributed by atoms with Crippen molar-refractivity contribution in [2.45, 2.75) is 6.18 Å². The van der Waals surface area contributed by atoms with Crippen LogP contribution in [0.5, 0.6) is 0 Å². The Morgan fingerprint density at radius 2 is 1.93 bits per heavy atom. The summed E-state index contributed by atoms with van der Waals surface area (Å²) in [6, 6.07) is 8.86. The van der Waals surface area contributed by atoms with Crippen LogP contribution in [0.2, 0.25) is 5.02 Å². The fraction of sp³-hybridized carbons (Fsp3) is 0.118. The Bertz CT molecular complexity index is 1120. The Balaban J connectivity index is 0.00000210. The van der Waals surface area contributed by atoms with Crippen LogP contribution in [0.3, 0.4) is 0 Å². The minimum absolute atomic E-state index is 0. The summed E-state index contributed by atoms with van der Waals surface area (Å²) in [6.07, 6.45) is -2.67. The van der Waals surface area contributed by atoms with Gasteiger partial charge in [0.1, 0.15) is 0 Å². The van der Waals surface area contributed by atoms with Crippen LogP contribution in [0.1, 0.15) is 5.56 Å². The van der Waals surface area contributed by atoms with Crippen molar-refractivity contribution in [3.63, 3.8) is 0 Å². The predicted molar refractivity (Wildman–Crippen MR) is 104 cm³/mol. The van der Waals surface area contributed by atoms with E-state index in [2.05, 4.69) is 20.7 Å². The van der Waals surface area contributed by atoms with E-state index >= 15 is 0 Å². The number of halogens is 5. The van der Waals surface area contributed by atoms with Crippen molar-refractivity contribution in [3.05, 3.63) is 53.2 Å². The molecule has 0 spiro atoms. The Morgan fingerprint density at radius 1 is 1.15 bits per heavy atom. The number of hydrogen-bond acceptors (Lipinski definition) is 3. The summed E-state index contributed by atoms with van der Waals surface area (Å²) in [6.45, 7) is 0. The van der Waals surface area contributed by atoms with Gasteiger partial charge in [0.2, 0.25) is 5.95 Å². The maximum atomic E-state index is 12.9. The highest BCUT2D eigenvalue weighted by molar-refractivity contribution is 6.31. The second-order valence-corrected chi connectivity index (χ2v) is 6.15. The predicted octanol–water partition coefficient (Wildman–Crippen LogP) is 5.53. The minimum Gasteiger partial charge on any atom is -0.359 e. The molecule has 0 aliphatic rings. The topological polar surface area (TPSA) is 57.7 Å². The van der Waals surface area contributed by atoms with E-state index in [0.29, 0.717) is 22.2 Å². The number of rotatable bonds is 3. The second kappa shape index (κ2) is 6.86. The number of H-pyrrole nitrogens is 1. The second-order valence-electron chi connectivity index (χ2n) is 5.71. The van der Waals surface area contributed by atoms with Crippen molar-refractivity contribution in [1.82, 2.24) is 14.6 Å². The van der Waals surface area contributed by atoms with Crippen LogP contribution in [-0.2, 0) is 6.18 Å². The molecule has 5 nitrogen and oxygen atoms in total. The van der Waals surface area contributed by atoms with E-state index < -0.39 is 11.7 Å². The number of imidazole rings is 1. The molecule has 4 aromatic rings. The van der Waals surface area contributed by atoms with E-state index in [1.54, 1.807) is 30.1 Å². The summed E-state index contributed by atoms with van der Waals surface area (Å²) in [5.74, 6) is 0.364. The molecule has 0 unspecified atom stereocenters. The summed E-state index contributed by atoms with van der Waals surface area (Å²) in [5, 5.41) is 4.57. The molecule has 4 rings (SSSR count). The summed E-state index contributed by atoms with van der Waals surface area (Å²) in [5.41, 5.74) is 4.53. The number of fused-ring (bicyclic) bond motifs is 2. The number of nitrogens with zero attached hydrogens (tertiary/aromatic N) is 2. The van der Waals surface area contributed by atoms with Gasteiger partial charge in [-0.3, -0.25) is 0 Å². The van der Waals surface area contributed by atoms with Crippen LogP contribution in [0.15, 0.2) is 42.6 Å². The van der Waals surface area contributed by atoms with E-state index in [4.69, 9.17) is 11.6 Å². The van der Waals surface area contributed by atoms with Crippen molar-refractivity contribution in [3.8, 4) is 0 Å². The zero-order valence-electron chi connectivity index (χ0n) is 13.9. The smallest absolute Gasteiger partial charge is 0.359 e. The highest BCUT2D eigenvalue weighted by Crippen LogP contribution is 2.33. The van der Waals surface area contributed by atoms with Gasteiger partial charge in [-0.1, -0.05) is 11.6 Å². The van der Waals surface area contributed by atoms with Gasteiger partial charge >= 0.3 is 6.18 Å². The first-order valence-electron chi connectivity index (χ1n) is 7.68. The molecule has 2 aromatic heterocycles. The lowest BCUT2D eigenvalue weighted by Gasteiger charge is -2.09. The molecule has 27 heavy (non-hydrogen) atoms. The molecule has 0 fully saturated rings. The molecule has 3 N–H and O–H groups in total. The summed E-state index contributed by atoms with van der Waals surface area (Å²) < 4.78 is 40.4. The zero-order chi connectivity index (χ0) is 18.5. The van der Waals surface area contributed by atoms with Gasteiger partial charge in [0.25, 0.3) is 0 Å². The van der Waals surface area contributed by atoms with Crippen LogP contribution < -0.4 is 10.7 Å². The highest BCUT2D eigenvalue weighted by Gasteiger charge is 2.31. The van der Waals surface area contributed by atoms with Crippen molar-refractivity contribution in [1.29, 1.82) is 0 Å². The fourth-order valence-corrected chi connectivity index (χ4v) is 3.06. The van der Waals surface area contributed by atoms with Crippen molar-refractivity contribution >= 4 is 57.6 Å². The third-order valence-corrected chi connectivity index (χ3v) is 4.33. The van der Waals surface area contributed by atoms with Crippen LogP contribution in [0, 0.1) is 0 Å². The van der Waals surface area contributed by atoms with Gasteiger partial charge in [-0.05, 0) is 36.4 Å². The first-order valence-corrected chi connectivity index (χ1v) is 8.06. The highest BCUT2D eigenvalue weighted by atomic mass is 35.5. The normalized spacial score (nSPS) is 11.6. The molecule has 2 heterocycles. The van der Waals surface area contributed by atoms with Crippen LogP contribution >= 0.6 is 24.0 Å². The monoisotopic (exact) mass is 415 g/mol. The van der Waals surface area contributed by atoms with Crippen LogP contribution in [0.25, 0.3) is 21.9 Å². The van der Waals surface area contributed by atoms with Gasteiger partial charge in [-0.25, -0.2) is 9.66 Å². The lowest BCUT2D eigenvalue weighted by molar-refractivity contribution is -0.137. The molecule has 0 bridgehead atoms. The van der Waals surface area contributed by atoms with Crippen molar-refractivity contribution in [2.75, 3.05) is 17.8 Å². The number of hydrogen-bond donors (Lipinski definition) is 3. The largest absolute Gasteiger partial charge is 0.416 e. The standard InChI is InChI=1S/C17H13ClF3N5.ClH/c1-22-26-15-5-2-9(17(19,20)21)6-13(15)24-16(26)25-14-8-23-12-4-3-10(18)7-11(12)14;/h2-8,22-23H,1H3,(H,24,25);1H. The number of alkyl halides is 3. The minimum atomic E-state index is -4.42. The molecule has 0 saturated heterocycles. The van der Waals surface area contributed by atoms with E-state index in [1.807, 2.05) is 6.07 Å². The molecule has 0 atom stereocenters. The van der Waals surface area contributed by atoms with Gasteiger partial charge in [0.05, 0.1) is 22.3 Å². The van der Waals surface area contributed by atoms with Crippen molar-refractivity contribution in [2.24, 2.45) is 0 Å². The van der Waals surface area contributed by atoms with Gasteiger partial charge in [0.15, 0.2) is 0 Å². The van der Waals surface area contributed by atoms with Crippen molar-refractivity contribution < 1.29 is 13.2 Å². The number of aromatic amines is 1. The molecule has 0 saturated carbocycles. The maximum Gasteiger partial charge on any atom is 0.416 e. The van der Waals surface area contributed by atoms with Gasteiger partial charge in [0, 0.05) is 29.2 Å². The molecule has 142 valence electrons. The summed E-state index contributed by atoms with van der Waals surface area (Å²) in [7, 11) is 1.66. The van der Waals surface area contributed by atoms with Gasteiger partial charge in [-0.15, -0.1) is 12.4 Å². The molecule has 2 aromatic carbocycles. The molecule has 0 aliphatic heterocycles. The lowest BCUT2D eigenvalue weighted by Crippen LogP contribution is -2.12. The average Bonchev–Trinajstić information content (AvgIpc) is 3.14. The first-order chi connectivity index (χ1) is 12.4. The number of benzene rings is 2. The molecule has 0 aliphatic carbocycles. The van der Waals surface area contributed by atoms with E-state index in [1.165, 1.54) is 6.07 Å². The third kappa shape index (κ3) is 3.38. The first kappa shape index (κ1) is 19.2. The molecular weight excluding hydrogens is 402 g/mol. The van der Waals surface area contributed by atoms with E-state index in [-0.39, 0.29) is 17.9 Å². The molecular formula is C17H14Cl2F3N5. The van der Waals surface area contributed by atoms with Gasteiger partial charge < -0.3 is 15.7 Å². The number of nitrogens with one attached hydrogen (secondary N) is 3. The lowest BCUT2D eigenvalue weighted by atomic mass is 10.2. The number of aromatic nitrogens is 3. The Kier molecular flexibility index (Phi) is 4.88. The van der Waals surface area contributed by atoms with E-state index in [9.17, 15) is 13.2 Å². The third-order valence-electron chi connectivity index (χ3n) is 4.10. The van der Waals surface area contributed by atoms with E-state index in [0.717, 1.165) is 23.0 Å². The zero-order valence-corrected chi connectivity index (χ0v) is 15.4. The van der Waals surface area contributed by atoms with Gasteiger partial charge in [-0.2, -0.15) is 13.2 Å². The fourth-order valence-electron chi connectivity index (χ4n) is 2.88. The molecule has 0 radical (unpaired) electrons. The van der Waals surface area contributed by atoms with Crippen LogP contribution in [-0.4, -0.2) is 21.7 Å². The SMILES string of the molecule is CNn1c(Nc2c[nH]c3ccc(Cl)cc23)nc2cc(C(F)(F)F)ccc21.Cl. The maximum absolute atomic E-state index is 12.9. The Labute approximate surface area is 162 Å². The molecule has 0 amide bonds. The quantitative estimate of drug-likeness (QED) is 0.412. The summed E-state index contributed by atoms with van der Waals surface area (Å²) in [4.78, 5) is 7.41. The van der Waals surface area contributed by atoms with Crippen LogP contribution in [0.4, 0.5) is 24.8 Å². The Hall–Kier alpha value is -2.58. The molecule has 10 heteroatoms. The average molecular weight is 416 g/mol.